The summed E-state index contributed by atoms with van der Waals surface area (Å²) in [4.78, 5) is 7.98. The summed E-state index contributed by atoms with van der Waals surface area (Å²) in [5, 5.41) is 4.03. The van der Waals surface area contributed by atoms with Crippen LogP contribution >= 0.6 is 39.1 Å². The van der Waals surface area contributed by atoms with Crippen molar-refractivity contribution in [3.8, 4) is 0 Å². The van der Waals surface area contributed by atoms with Crippen molar-refractivity contribution in [1.29, 1.82) is 0 Å². The summed E-state index contributed by atoms with van der Waals surface area (Å²) in [6.07, 6.45) is 1.45. The van der Waals surface area contributed by atoms with Crippen LogP contribution in [0.15, 0.2) is 35.2 Å². The minimum atomic E-state index is 0.471. The highest BCUT2D eigenvalue weighted by Gasteiger charge is 2.05. The van der Waals surface area contributed by atoms with Crippen LogP contribution in [0.1, 0.15) is 0 Å². The van der Waals surface area contributed by atoms with Gasteiger partial charge in [0, 0.05) is 6.07 Å². The summed E-state index contributed by atoms with van der Waals surface area (Å²) in [6.45, 7) is 0. The van der Waals surface area contributed by atoms with Crippen LogP contribution in [0, 0.1) is 0 Å². The van der Waals surface area contributed by atoms with E-state index in [1.807, 2.05) is 12.1 Å². The largest absolute Gasteiger partial charge is 0.339 e. The van der Waals surface area contributed by atoms with E-state index in [4.69, 9.17) is 23.2 Å². The van der Waals surface area contributed by atoms with Crippen molar-refractivity contribution in [3.63, 3.8) is 0 Å². The number of anilines is 2. The first kappa shape index (κ1) is 11.6. The number of aromatic nitrogens is 2. The first-order valence-electron chi connectivity index (χ1n) is 4.35. The molecule has 1 aromatic carbocycles. The Labute approximate surface area is 111 Å². The molecule has 16 heavy (non-hydrogen) atoms. The molecule has 1 N–H and O–H groups in total. The molecule has 0 amide bonds. The Kier molecular flexibility index (Phi) is 3.63. The second-order valence-corrected chi connectivity index (χ2v) is 4.55. The Bertz CT molecular complexity index is 519. The molecule has 1 aromatic heterocycles. The summed E-state index contributed by atoms with van der Waals surface area (Å²) in [6, 6.07) is 7.11. The topological polar surface area (TPSA) is 37.8 Å². The van der Waals surface area contributed by atoms with Crippen molar-refractivity contribution in [2.24, 2.45) is 0 Å². The molecule has 0 radical (unpaired) electrons. The minimum absolute atomic E-state index is 0.471. The lowest BCUT2D eigenvalue weighted by molar-refractivity contribution is 1.14. The number of halogens is 3. The molecule has 0 saturated carbocycles. The molecule has 0 aliphatic heterocycles. The van der Waals surface area contributed by atoms with Crippen molar-refractivity contribution >= 4 is 50.6 Å². The van der Waals surface area contributed by atoms with E-state index >= 15 is 0 Å². The highest BCUT2D eigenvalue weighted by Crippen LogP contribution is 2.31. The summed E-state index contributed by atoms with van der Waals surface area (Å²) >= 11 is 15.2. The third kappa shape index (κ3) is 2.64. The molecule has 0 bridgehead atoms. The van der Waals surface area contributed by atoms with Gasteiger partial charge in [0.1, 0.15) is 16.7 Å². The zero-order valence-electron chi connectivity index (χ0n) is 7.92. The van der Waals surface area contributed by atoms with Gasteiger partial charge in [0.05, 0.1) is 15.7 Å². The first-order chi connectivity index (χ1) is 7.66. The van der Waals surface area contributed by atoms with Crippen molar-refractivity contribution in [2.45, 2.75) is 0 Å². The summed E-state index contributed by atoms with van der Waals surface area (Å²) in [5.74, 6) is 0.644. The molecule has 1 heterocycles. The van der Waals surface area contributed by atoms with E-state index in [2.05, 4.69) is 31.2 Å². The highest BCUT2D eigenvalue weighted by atomic mass is 79.9. The Morgan fingerprint density at radius 1 is 1.19 bits per heavy atom. The van der Waals surface area contributed by atoms with Crippen molar-refractivity contribution in [2.75, 3.05) is 5.32 Å². The molecule has 2 aromatic rings. The molecule has 0 saturated heterocycles. The Balaban J connectivity index is 2.31. The van der Waals surface area contributed by atoms with Crippen LogP contribution in [0.4, 0.5) is 11.5 Å². The van der Waals surface area contributed by atoms with E-state index in [0.717, 1.165) is 0 Å². The van der Waals surface area contributed by atoms with Gasteiger partial charge in [-0.25, -0.2) is 9.97 Å². The van der Waals surface area contributed by atoms with Gasteiger partial charge in [-0.2, -0.15) is 0 Å². The van der Waals surface area contributed by atoms with Crippen molar-refractivity contribution < 1.29 is 0 Å². The maximum atomic E-state index is 6.03. The lowest BCUT2D eigenvalue weighted by atomic mass is 10.3. The number of hydrogen-bond donors (Lipinski definition) is 1. The predicted molar refractivity (Wildman–Crippen MR) is 69.5 cm³/mol. The van der Waals surface area contributed by atoms with Crippen LogP contribution in [-0.4, -0.2) is 9.97 Å². The number of benzene rings is 1. The van der Waals surface area contributed by atoms with Gasteiger partial charge in [-0.3, -0.25) is 0 Å². The lowest BCUT2D eigenvalue weighted by Crippen LogP contribution is -1.95. The van der Waals surface area contributed by atoms with Crippen molar-refractivity contribution in [1.82, 2.24) is 9.97 Å². The second kappa shape index (κ2) is 4.99. The van der Waals surface area contributed by atoms with Crippen LogP contribution in [-0.2, 0) is 0 Å². The Hall–Kier alpha value is -0.840. The van der Waals surface area contributed by atoms with Gasteiger partial charge in [0.2, 0.25) is 0 Å². The number of rotatable bonds is 2. The maximum Gasteiger partial charge on any atom is 0.134 e. The predicted octanol–water partition coefficient (Wildman–Crippen LogP) is 4.29. The molecule has 2 rings (SSSR count). The highest BCUT2D eigenvalue weighted by molar-refractivity contribution is 9.10. The molecule has 0 aliphatic rings. The quantitative estimate of drug-likeness (QED) is 0.839. The van der Waals surface area contributed by atoms with E-state index in [0.29, 0.717) is 26.2 Å². The molecular formula is C10H6BrCl2N3. The van der Waals surface area contributed by atoms with Gasteiger partial charge in [-0.1, -0.05) is 29.3 Å². The average Bonchev–Trinajstić information content (AvgIpc) is 2.25. The second-order valence-electron chi connectivity index (χ2n) is 2.95. The number of nitrogens with zero attached hydrogens (tertiary/aromatic N) is 2. The maximum absolute atomic E-state index is 6.03. The lowest BCUT2D eigenvalue weighted by Gasteiger charge is -2.08. The van der Waals surface area contributed by atoms with Gasteiger partial charge in [0.15, 0.2) is 0 Å². The van der Waals surface area contributed by atoms with Crippen LogP contribution in [0.3, 0.4) is 0 Å². The molecule has 0 aliphatic carbocycles. The summed E-state index contributed by atoms with van der Waals surface area (Å²) in [7, 11) is 0. The third-order valence-corrected chi connectivity index (χ3v) is 3.10. The minimum Gasteiger partial charge on any atom is -0.339 e. The monoisotopic (exact) mass is 317 g/mol. The van der Waals surface area contributed by atoms with Crippen molar-refractivity contribution in [3.05, 3.63) is 45.2 Å². The molecule has 0 spiro atoms. The molecular weight excluding hydrogens is 313 g/mol. The van der Waals surface area contributed by atoms with E-state index in [9.17, 15) is 0 Å². The molecule has 3 nitrogen and oxygen atoms in total. The van der Waals surface area contributed by atoms with Crippen LogP contribution in [0.5, 0.6) is 0 Å². The van der Waals surface area contributed by atoms with Gasteiger partial charge < -0.3 is 5.32 Å². The Morgan fingerprint density at radius 2 is 2.00 bits per heavy atom. The standard InChI is InChI=1S/C10H6BrCl2N3/c11-8-4-9(15-5-14-8)16-7-3-1-2-6(12)10(7)13/h1-5H,(H,14,15,16). The third-order valence-electron chi connectivity index (χ3n) is 1.85. The van der Waals surface area contributed by atoms with E-state index in [-0.39, 0.29) is 0 Å². The SMILES string of the molecule is Clc1cccc(Nc2cc(Br)ncn2)c1Cl. The van der Waals surface area contributed by atoms with Gasteiger partial charge >= 0.3 is 0 Å². The summed E-state index contributed by atoms with van der Waals surface area (Å²) in [5.41, 5.74) is 0.708. The fourth-order valence-corrected chi connectivity index (χ4v) is 1.80. The number of hydrogen-bond acceptors (Lipinski definition) is 3. The average molecular weight is 319 g/mol. The van der Waals surface area contributed by atoms with E-state index in [1.54, 1.807) is 12.1 Å². The fraction of sp³-hybridized carbons (Fsp3) is 0. The zero-order chi connectivity index (χ0) is 11.5. The van der Waals surface area contributed by atoms with Gasteiger partial charge in [-0.05, 0) is 28.1 Å². The van der Waals surface area contributed by atoms with Crippen LogP contribution < -0.4 is 5.32 Å². The smallest absolute Gasteiger partial charge is 0.134 e. The zero-order valence-corrected chi connectivity index (χ0v) is 11.0. The normalized spacial score (nSPS) is 10.2. The fourth-order valence-electron chi connectivity index (χ4n) is 1.14. The first-order valence-corrected chi connectivity index (χ1v) is 5.90. The van der Waals surface area contributed by atoms with Gasteiger partial charge in [-0.15, -0.1) is 0 Å². The molecule has 0 unspecified atom stereocenters. The molecule has 0 atom stereocenters. The molecule has 6 heteroatoms. The van der Waals surface area contributed by atoms with E-state index in [1.165, 1.54) is 6.33 Å². The van der Waals surface area contributed by atoms with Gasteiger partial charge in [0.25, 0.3) is 0 Å². The molecule has 82 valence electrons. The van der Waals surface area contributed by atoms with Crippen LogP contribution in [0.25, 0.3) is 0 Å². The van der Waals surface area contributed by atoms with Crippen LogP contribution in [0.2, 0.25) is 10.0 Å². The van der Waals surface area contributed by atoms with E-state index < -0.39 is 0 Å². The molecule has 0 fully saturated rings. The Morgan fingerprint density at radius 3 is 2.75 bits per heavy atom. The summed E-state index contributed by atoms with van der Waals surface area (Å²) < 4.78 is 0.697. The number of nitrogens with one attached hydrogen (secondary N) is 1.